The molecule has 1 N–H and O–H groups in total. The molecule has 9 heteroatoms. The van der Waals surface area contributed by atoms with Gasteiger partial charge >= 0.3 is 12.3 Å². The topological polar surface area (TPSA) is 67.9 Å². The van der Waals surface area contributed by atoms with Gasteiger partial charge in [0.25, 0.3) is 0 Å². The van der Waals surface area contributed by atoms with Crippen LogP contribution in [0.2, 0.25) is 0 Å². The van der Waals surface area contributed by atoms with Crippen molar-refractivity contribution in [2.24, 2.45) is 0 Å². The van der Waals surface area contributed by atoms with Crippen LogP contribution < -0.4 is 10.1 Å². The molecule has 1 aliphatic rings. The van der Waals surface area contributed by atoms with Gasteiger partial charge in [0.1, 0.15) is 18.0 Å². The number of likely N-dealkylation sites (tertiary alicyclic amines) is 1. The van der Waals surface area contributed by atoms with E-state index >= 15 is 0 Å². The van der Waals surface area contributed by atoms with Crippen LogP contribution in [-0.2, 0) is 15.7 Å². The largest absolute Gasteiger partial charge is 0.491 e. The van der Waals surface area contributed by atoms with Crippen LogP contribution in [-0.4, -0.2) is 41.7 Å². The van der Waals surface area contributed by atoms with Crippen molar-refractivity contribution in [3.05, 3.63) is 23.8 Å². The van der Waals surface area contributed by atoms with Crippen LogP contribution in [0.3, 0.4) is 0 Å². The number of benzene rings is 1. The first-order valence-corrected chi connectivity index (χ1v) is 8.98. The summed E-state index contributed by atoms with van der Waals surface area (Å²) >= 11 is 0. The molecule has 1 saturated heterocycles. The lowest BCUT2D eigenvalue weighted by molar-refractivity contribution is -0.139. The van der Waals surface area contributed by atoms with E-state index in [1.807, 2.05) is 0 Å². The molecule has 2 rings (SSSR count). The lowest BCUT2D eigenvalue weighted by Gasteiger charge is -2.28. The number of hydrogen-bond donors (Lipinski definition) is 1. The molecule has 1 aromatic rings. The minimum absolute atomic E-state index is 0.105. The standard InChI is InChI=1S/C19H25F3N2O4/c1-12(25)23-13-7-8-15(19(20,21)22)16(10-13)27-11-14-6-5-9-24(14)17(26)28-18(2,3)4/h7-8,10,14H,5-6,9,11H2,1-4H3,(H,23,25). The second kappa shape index (κ2) is 8.28. The molecule has 0 aromatic heterocycles. The van der Waals surface area contributed by atoms with Crippen LogP contribution in [0.5, 0.6) is 5.75 Å². The summed E-state index contributed by atoms with van der Waals surface area (Å²) in [5.41, 5.74) is -1.41. The van der Waals surface area contributed by atoms with E-state index in [1.165, 1.54) is 17.9 Å². The Morgan fingerprint density at radius 1 is 1.25 bits per heavy atom. The van der Waals surface area contributed by atoms with Gasteiger partial charge in [0.05, 0.1) is 11.6 Å². The Labute approximate surface area is 162 Å². The summed E-state index contributed by atoms with van der Waals surface area (Å²) in [6.45, 7) is 6.85. The Morgan fingerprint density at radius 2 is 1.93 bits per heavy atom. The molecule has 0 radical (unpaired) electrons. The molecule has 1 aromatic carbocycles. The van der Waals surface area contributed by atoms with Gasteiger partial charge in [-0.25, -0.2) is 4.79 Å². The molecule has 1 heterocycles. The number of rotatable bonds is 4. The Balaban J connectivity index is 2.15. The first-order chi connectivity index (χ1) is 12.9. The summed E-state index contributed by atoms with van der Waals surface area (Å²) in [6.07, 6.45) is -3.80. The zero-order chi connectivity index (χ0) is 21.1. The Kier molecular flexibility index (Phi) is 6.46. The van der Waals surface area contributed by atoms with Crippen LogP contribution in [0.4, 0.5) is 23.7 Å². The molecule has 1 aliphatic heterocycles. The van der Waals surface area contributed by atoms with Crippen molar-refractivity contribution in [1.82, 2.24) is 4.90 Å². The summed E-state index contributed by atoms with van der Waals surface area (Å²) in [4.78, 5) is 25.0. The number of halogens is 3. The Hall–Kier alpha value is -2.45. The van der Waals surface area contributed by atoms with E-state index in [1.54, 1.807) is 20.8 Å². The van der Waals surface area contributed by atoms with Crippen molar-refractivity contribution in [1.29, 1.82) is 0 Å². The molecule has 156 valence electrons. The van der Waals surface area contributed by atoms with Crippen molar-refractivity contribution in [3.63, 3.8) is 0 Å². The monoisotopic (exact) mass is 402 g/mol. The predicted octanol–water partition coefficient (Wildman–Crippen LogP) is 4.44. The average Bonchev–Trinajstić information content (AvgIpc) is 2.98. The van der Waals surface area contributed by atoms with Crippen molar-refractivity contribution in [2.45, 2.75) is 58.4 Å². The van der Waals surface area contributed by atoms with Gasteiger partial charge in [-0.2, -0.15) is 13.2 Å². The van der Waals surface area contributed by atoms with E-state index in [-0.39, 0.29) is 18.3 Å². The van der Waals surface area contributed by atoms with E-state index in [0.29, 0.717) is 19.4 Å². The summed E-state index contributed by atoms with van der Waals surface area (Å²) in [5.74, 6) is -0.799. The fraction of sp³-hybridized carbons (Fsp3) is 0.579. The normalized spacial score (nSPS) is 17.4. The SMILES string of the molecule is CC(=O)Nc1ccc(C(F)(F)F)c(OCC2CCCN2C(=O)OC(C)(C)C)c1. The van der Waals surface area contributed by atoms with Gasteiger partial charge in [0, 0.05) is 25.2 Å². The first kappa shape index (κ1) is 21.8. The quantitative estimate of drug-likeness (QED) is 0.808. The van der Waals surface area contributed by atoms with Crippen molar-refractivity contribution >= 4 is 17.7 Å². The number of alkyl halides is 3. The number of anilines is 1. The highest BCUT2D eigenvalue weighted by molar-refractivity contribution is 5.88. The number of ether oxygens (including phenoxy) is 2. The first-order valence-electron chi connectivity index (χ1n) is 8.98. The maximum absolute atomic E-state index is 13.3. The minimum atomic E-state index is -4.61. The van der Waals surface area contributed by atoms with Gasteiger partial charge < -0.3 is 19.7 Å². The predicted molar refractivity (Wildman–Crippen MR) is 97.2 cm³/mol. The van der Waals surface area contributed by atoms with Crippen LogP contribution >= 0.6 is 0 Å². The molecule has 1 atom stereocenters. The number of nitrogens with zero attached hydrogens (tertiary/aromatic N) is 1. The summed E-state index contributed by atoms with van der Waals surface area (Å²) in [5, 5.41) is 2.43. The third-order valence-electron chi connectivity index (χ3n) is 4.04. The number of amides is 2. The highest BCUT2D eigenvalue weighted by atomic mass is 19.4. The molecule has 0 saturated carbocycles. The molecular weight excluding hydrogens is 377 g/mol. The zero-order valence-corrected chi connectivity index (χ0v) is 16.4. The van der Waals surface area contributed by atoms with E-state index < -0.39 is 35.1 Å². The smallest absolute Gasteiger partial charge is 0.419 e. The lowest BCUT2D eigenvalue weighted by Crippen LogP contribution is -2.42. The highest BCUT2D eigenvalue weighted by Gasteiger charge is 2.36. The summed E-state index contributed by atoms with van der Waals surface area (Å²) in [7, 11) is 0. The van der Waals surface area contributed by atoms with Gasteiger partial charge in [-0.15, -0.1) is 0 Å². The molecule has 1 fully saturated rings. The van der Waals surface area contributed by atoms with E-state index in [2.05, 4.69) is 5.32 Å². The second-order valence-corrected chi connectivity index (χ2v) is 7.67. The van der Waals surface area contributed by atoms with Gasteiger partial charge in [0.2, 0.25) is 5.91 Å². The average molecular weight is 402 g/mol. The maximum Gasteiger partial charge on any atom is 0.419 e. The molecule has 0 spiro atoms. The fourth-order valence-corrected chi connectivity index (χ4v) is 2.91. The Bertz CT molecular complexity index is 729. The van der Waals surface area contributed by atoms with Gasteiger partial charge in [0.15, 0.2) is 0 Å². The van der Waals surface area contributed by atoms with Crippen LogP contribution in [0.1, 0.15) is 46.1 Å². The third kappa shape index (κ3) is 6.03. The Morgan fingerprint density at radius 3 is 2.50 bits per heavy atom. The van der Waals surface area contributed by atoms with Crippen molar-refractivity contribution < 1.29 is 32.2 Å². The highest BCUT2D eigenvalue weighted by Crippen LogP contribution is 2.38. The molecule has 2 amide bonds. The third-order valence-corrected chi connectivity index (χ3v) is 4.04. The molecule has 1 unspecified atom stereocenters. The number of carbonyl (C=O) groups excluding carboxylic acids is 2. The number of nitrogens with one attached hydrogen (secondary N) is 1. The van der Waals surface area contributed by atoms with Crippen LogP contribution in [0, 0.1) is 0 Å². The molecule has 0 bridgehead atoms. The maximum atomic E-state index is 13.3. The minimum Gasteiger partial charge on any atom is -0.491 e. The molecular formula is C19H25F3N2O4. The van der Waals surface area contributed by atoms with Crippen LogP contribution in [0.25, 0.3) is 0 Å². The van der Waals surface area contributed by atoms with E-state index in [4.69, 9.17) is 9.47 Å². The van der Waals surface area contributed by atoms with Gasteiger partial charge in [-0.05, 0) is 45.7 Å². The molecule has 0 aliphatic carbocycles. The van der Waals surface area contributed by atoms with E-state index in [9.17, 15) is 22.8 Å². The number of hydrogen-bond acceptors (Lipinski definition) is 4. The second-order valence-electron chi connectivity index (χ2n) is 7.67. The van der Waals surface area contributed by atoms with Crippen molar-refractivity contribution in [2.75, 3.05) is 18.5 Å². The molecule has 6 nitrogen and oxygen atoms in total. The van der Waals surface area contributed by atoms with Crippen molar-refractivity contribution in [3.8, 4) is 5.75 Å². The lowest BCUT2D eigenvalue weighted by atomic mass is 10.1. The van der Waals surface area contributed by atoms with Gasteiger partial charge in [-0.1, -0.05) is 0 Å². The summed E-state index contributed by atoms with van der Waals surface area (Å²) < 4.78 is 50.7. The molecule has 28 heavy (non-hydrogen) atoms. The van der Waals surface area contributed by atoms with Crippen LogP contribution in [0.15, 0.2) is 18.2 Å². The fourth-order valence-electron chi connectivity index (χ4n) is 2.91. The number of carbonyl (C=O) groups is 2. The van der Waals surface area contributed by atoms with Gasteiger partial charge in [-0.3, -0.25) is 4.79 Å². The summed E-state index contributed by atoms with van der Waals surface area (Å²) in [6, 6.07) is 2.78. The van der Waals surface area contributed by atoms with E-state index in [0.717, 1.165) is 12.1 Å². The zero-order valence-electron chi connectivity index (χ0n) is 16.4.